The van der Waals surface area contributed by atoms with Crippen molar-refractivity contribution in [3.8, 4) is 6.07 Å². The molecule has 28 heavy (non-hydrogen) atoms. The second-order valence-corrected chi connectivity index (χ2v) is 7.90. The Bertz CT molecular complexity index is 885. The second kappa shape index (κ2) is 8.58. The normalized spacial score (nSPS) is 20.3. The molecule has 144 valence electrons. The van der Waals surface area contributed by atoms with E-state index < -0.39 is 0 Å². The Morgan fingerprint density at radius 1 is 1.07 bits per heavy atom. The summed E-state index contributed by atoms with van der Waals surface area (Å²) in [7, 11) is 0. The van der Waals surface area contributed by atoms with E-state index in [1.165, 1.54) is 11.1 Å². The van der Waals surface area contributed by atoms with E-state index in [2.05, 4.69) is 35.2 Å². The summed E-state index contributed by atoms with van der Waals surface area (Å²) in [5, 5.41) is 9.13. The van der Waals surface area contributed by atoms with Gasteiger partial charge in [-0.25, -0.2) is 0 Å². The standard InChI is InChI=1S/C24H27N3O/c25-17-19-6-5-8-21(16-19)22-12-15-26(18-22)14-11-20-7-1-2-9-23(20)27-13-4-3-10-24(27)28/h1-2,5-9,16,22H,3-4,10-15,18H2. The molecule has 1 atom stereocenters. The third-order valence-electron chi connectivity index (χ3n) is 6.06. The van der Waals surface area contributed by atoms with Gasteiger partial charge in [0.1, 0.15) is 0 Å². The first kappa shape index (κ1) is 18.7. The molecule has 2 aliphatic rings. The maximum Gasteiger partial charge on any atom is 0.226 e. The number of anilines is 1. The molecule has 2 heterocycles. The molecule has 1 unspecified atom stereocenters. The summed E-state index contributed by atoms with van der Waals surface area (Å²) >= 11 is 0. The summed E-state index contributed by atoms with van der Waals surface area (Å²) in [4.78, 5) is 16.8. The van der Waals surface area contributed by atoms with Crippen molar-refractivity contribution in [2.75, 3.05) is 31.1 Å². The van der Waals surface area contributed by atoms with E-state index in [0.29, 0.717) is 12.3 Å². The third kappa shape index (κ3) is 4.10. The van der Waals surface area contributed by atoms with Gasteiger partial charge in [-0.3, -0.25) is 4.79 Å². The van der Waals surface area contributed by atoms with Gasteiger partial charge in [0.05, 0.1) is 11.6 Å². The first-order valence-corrected chi connectivity index (χ1v) is 10.4. The zero-order valence-corrected chi connectivity index (χ0v) is 16.3. The van der Waals surface area contributed by atoms with Crippen molar-refractivity contribution in [3.05, 3.63) is 65.2 Å². The van der Waals surface area contributed by atoms with Gasteiger partial charge in [0, 0.05) is 31.7 Å². The number of benzene rings is 2. The van der Waals surface area contributed by atoms with E-state index >= 15 is 0 Å². The van der Waals surface area contributed by atoms with Crippen molar-refractivity contribution in [3.63, 3.8) is 0 Å². The molecule has 0 aromatic heterocycles. The highest BCUT2D eigenvalue weighted by molar-refractivity contribution is 5.94. The number of likely N-dealkylation sites (tertiary alicyclic amines) is 1. The molecule has 2 aromatic rings. The van der Waals surface area contributed by atoms with Crippen LogP contribution in [0.2, 0.25) is 0 Å². The quantitative estimate of drug-likeness (QED) is 0.792. The summed E-state index contributed by atoms with van der Waals surface area (Å²) in [6, 6.07) is 18.7. The van der Waals surface area contributed by atoms with Crippen LogP contribution in [0.5, 0.6) is 0 Å². The molecule has 2 aliphatic heterocycles. The Balaban J connectivity index is 1.39. The van der Waals surface area contributed by atoms with Crippen LogP contribution in [0, 0.1) is 11.3 Å². The van der Waals surface area contributed by atoms with Gasteiger partial charge in [0.25, 0.3) is 0 Å². The Labute approximate surface area is 167 Å². The van der Waals surface area contributed by atoms with Crippen molar-refractivity contribution >= 4 is 11.6 Å². The number of nitrogens with zero attached hydrogens (tertiary/aromatic N) is 3. The lowest BCUT2D eigenvalue weighted by Crippen LogP contribution is -2.36. The van der Waals surface area contributed by atoms with Gasteiger partial charge in [0.15, 0.2) is 0 Å². The maximum atomic E-state index is 12.4. The SMILES string of the molecule is N#Cc1cccc(C2CCN(CCc3ccccc3N3CCCCC3=O)C2)c1. The van der Waals surface area contributed by atoms with Crippen LogP contribution in [0.25, 0.3) is 0 Å². The van der Waals surface area contributed by atoms with Gasteiger partial charge >= 0.3 is 0 Å². The molecule has 4 rings (SSSR count). The average Bonchev–Trinajstić information content (AvgIpc) is 3.22. The van der Waals surface area contributed by atoms with E-state index in [1.807, 2.05) is 29.2 Å². The number of nitriles is 1. The van der Waals surface area contributed by atoms with E-state index in [4.69, 9.17) is 5.26 Å². The number of piperidine rings is 1. The number of rotatable bonds is 5. The Morgan fingerprint density at radius 3 is 2.82 bits per heavy atom. The van der Waals surface area contributed by atoms with Gasteiger partial charge in [0.2, 0.25) is 5.91 Å². The zero-order valence-electron chi connectivity index (χ0n) is 16.3. The van der Waals surface area contributed by atoms with Crippen molar-refractivity contribution in [1.82, 2.24) is 4.90 Å². The van der Waals surface area contributed by atoms with Crippen LogP contribution >= 0.6 is 0 Å². The molecule has 2 fully saturated rings. The Kier molecular flexibility index (Phi) is 5.73. The van der Waals surface area contributed by atoms with Crippen LogP contribution < -0.4 is 4.90 Å². The lowest BCUT2D eigenvalue weighted by Gasteiger charge is -2.29. The molecule has 4 heteroatoms. The van der Waals surface area contributed by atoms with Crippen molar-refractivity contribution in [1.29, 1.82) is 5.26 Å². The van der Waals surface area contributed by atoms with E-state index in [0.717, 1.165) is 63.1 Å². The molecule has 0 radical (unpaired) electrons. The van der Waals surface area contributed by atoms with Crippen LogP contribution in [-0.4, -0.2) is 37.0 Å². The lowest BCUT2D eigenvalue weighted by molar-refractivity contribution is -0.119. The maximum absolute atomic E-state index is 12.4. The third-order valence-corrected chi connectivity index (χ3v) is 6.06. The second-order valence-electron chi connectivity index (χ2n) is 7.90. The summed E-state index contributed by atoms with van der Waals surface area (Å²) in [5.74, 6) is 0.768. The average molecular weight is 374 g/mol. The van der Waals surface area contributed by atoms with Crippen LogP contribution in [0.1, 0.15) is 48.3 Å². The number of hydrogen-bond acceptors (Lipinski definition) is 3. The number of carbonyl (C=O) groups is 1. The first-order valence-electron chi connectivity index (χ1n) is 10.4. The van der Waals surface area contributed by atoms with Crippen LogP contribution in [0.3, 0.4) is 0 Å². The van der Waals surface area contributed by atoms with E-state index in [9.17, 15) is 4.79 Å². The largest absolute Gasteiger partial charge is 0.312 e. The predicted molar refractivity (Wildman–Crippen MR) is 111 cm³/mol. The van der Waals surface area contributed by atoms with Gasteiger partial charge in [-0.1, -0.05) is 30.3 Å². The van der Waals surface area contributed by atoms with Crippen molar-refractivity contribution in [2.24, 2.45) is 0 Å². The van der Waals surface area contributed by atoms with E-state index in [1.54, 1.807) is 0 Å². The summed E-state index contributed by atoms with van der Waals surface area (Å²) in [6.07, 6.45) is 4.88. The van der Waals surface area contributed by atoms with Crippen LogP contribution in [0.15, 0.2) is 48.5 Å². The first-order chi connectivity index (χ1) is 13.7. The predicted octanol–water partition coefficient (Wildman–Crippen LogP) is 4.11. The lowest BCUT2D eigenvalue weighted by atomic mass is 9.97. The molecule has 0 aliphatic carbocycles. The molecule has 0 spiro atoms. The molecule has 2 saturated heterocycles. The highest BCUT2D eigenvalue weighted by Crippen LogP contribution is 2.29. The molecule has 0 N–H and O–H groups in total. The van der Waals surface area contributed by atoms with Gasteiger partial charge in [-0.15, -0.1) is 0 Å². The summed E-state index contributed by atoms with van der Waals surface area (Å²) < 4.78 is 0. The number of carbonyl (C=O) groups excluding carboxylic acids is 1. The molecule has 0 bridgehead atoms. The van der Waals surface area contributed by atoms with Crippen LogP contribution in [-0.2, 0) is 11.2 Å². The highest BCUT2D eigenvalue weighted by Gasteiger charge is 2.25. The minimum atomic E-state index is 0.261. The molecular formula is C24H27N3O. The van der Waals surface area contributed by atoms with Gasteiger partial charge in [-0.2, -0.15) is 5.26 Å². The van der Waals surface area contributed by atoms with Gasteiger partial charge in [-0.05, 0) is 67.5 Å². The van der Waals surface area contributed by atoms with Crippen LogP contribution in [0.4, 0.5) is 5.69 Å². The monoisotopic (exact) mass is 373 g/mol. The number of hydrogen-bond donors (Lipinski definition) is 0. The molecule has 2 aromatic carbocycles. The highest BCUT2D eigenvalue weighted by atomic mass is 16.2. The molecule has 4 nitrogen and oxygen atoms in total. The van der Waals surface area contributed by atoms with E-state index in [-0.39, 0.29) is 5.91 Å². The van der Waals surface area contributed by atoms with Crippen molar-refractivity contribution in [2.45, 2.75) is 38.0 Å². The molecule has 0 saturated carbocycles. The smallest absolute Gasteiger partial charge is 0.226 e. The zero-order chi connectivity index (χ0) is 19.3. The fourth-order valence-corrected chi connectivity index (χ4v) is 4.49. The fourth-order valence-electron chi connectivity index (χ4n) is 4.49. The summed E-state index contributed by atoms with van der Waals surface area (Å²) in [6.45, 7) is 3.98. The topological polar surface area (TPSA) is 47.3 Å². The number of para-hydroxylation sites is 1. The molecular weight excluding hydrogens is 346 g/mol. The Morgan fingerprint density at radius 2 is 1.96 bits per heavy atom. The van der Waals surface area contributed by atoms with Gasteiger partial charge < -0.3 is 9.80 Å². The molecule has 1 amide bonds. The Hall–Kier alpha value is -2.64. The van der Waals surface area contributed by atoms with Crippen molar-refractivity contribution < 1.29 is 4.79 Å². The number of amides is 1. The minimum Gasteiger partial charge on any atom is -0.312 e. The summed E-state index contributed by atoms with van der Waals surface area (Å²) in [5.41, 5.74) is 4.40. The minimum absolute atomic E-state index is 0.261. The fraction of sp³-hybridized carbons (Fsp3) is 0.417.